The summed E-state index contributed by atoms with van der Waals surface area (Å²) in [4.78, 5) is 12.1. The minimum Gasteiger partial charge on any atom is -0.322 e. The van der Waals surface area contributed by atoms with E-state index in [1.54, 1.807) is 28.8 Å². The van der Waals surface area contributed by atoms with Crippen molar-refractivity contribution >= 4 is 23.3 Å². The van der Waals surface area contributed by atoms with Gasteiger partial charge in [-0.05, 0) is 48.0 Å². The van der Waals surface area contributed by atoms with Crippen molar-refractivity contribution in [1.82, 2.24) is 19.8 Å². The van der Waals surface area contributed by atoms with Crippen molar-refractivity contribution in [2.24, 2.45) is 0 Å². The number of aromatic nitrogens is 4. The van der Waals surface area contributed by atoms with E-state index in [1.165, 1.54) is 24.5 Å². The third-order valence-electron chi connectivity index (χ3n) is 3.88. The molecule has 0 fully saturated rings. The molecule has 2 aromatic heterocycles. The van der Waals surface area contributed by atoms with Gasteiger partial charge in [0.2, 0.25) is 5.91 Å². The monoisotopic (exact) mass is 359 g/mol. The summed E-state index contributed by atoms with van der Waals surface area (Å²) in [5, 5.41) is 15.0. The number of anilines is 1. The van der Waals surface area contributed by atoms with Crippen LogP contribution in [0, 0.1) is 5.82 Å². The molecule has 0 bridgehead atoms. The fourth-order valence-electron chi connectivity index (χ4n) is 2.57. The summed E-state index contributed by atoms with van der Waals surface area (Å²) in [5.41, 5.74) is 3.64. The first kappa shape index (κ1) is 16.6. The van der Waals surface area contributed by atoms with E-state index in [9.17, 15) is 9.18 Å². The average molecular weight is 359 g/mol. The van der Waals surface area contributed by atoms with E-state index in [2.05, 4.69) is 20.6 Å². The minimum atomic E-state index is -0.313. The highest BCUT2D eigenvalue weighted by Crippen LogP contribution is 2.21. The number of carbonyl (C=O) groups excluding carboxylic acids is 1. The Morgan fingerprint density at radius 3 is 2.78 bits per heavy atom. The number of halogens is 1. The first-order chi connectivity index (χ1) is 13.2. The second kappa shape index (κ2) is 7.17. The molecule has 27 heavy (non-hydrogen) atoms. The molecule has 1 amide bonds. The molecule has 0 saturated heterocycles. The second-order valence-electron chi connectivity index (χ2n) is 5.81. The van der Waals surface area contributed by atoms with Crippen LogP contribution < -0.4 is 5.32 Å². The zero-order valence-electron chi connectivity index (χ0n) is 14.1. The van der Waals surface area contributed by atoms with Gasteiger partial charge in [0.15, 0.2) is 5.65 Å². The third kappa shape index (κ3) is 3.87. The average Bonchev–Trinajstić information content (AvgIpc) is 3.15. The topological polar surface area (TPSA) is 72.2 Å². The molecule has 0 aliphatic carbocycles. The fourth-order valence-corrected chi connectivity index (χ4v) is 2.57. The Bertz CT molecular complexity index is 1130. The van der Waals surface area contributed by atoms with E-state index in [4.69, 9.17) is 0 Å². The largest absolute Gasteiger partial charge is 0.322 e. The third-order valence-corrected chi connectivity index (χ3v) is 3.88. The highest BCUT2D eigenvalue weighted by atomic mass is 19.1. The van der Waals surface area contributed by atoms with Crippen molar-refractivity contribution in [3.8, 4) is 11.3 Å². The number of carbonyl (C=O) groups is 1. The van der Waals surface area contributed by atoms with Gasteiger partial charge in [-0.2, -0.15) is 9.61 Å². The maximum Gasteiger partial charge on any atom is 0.248 e. The Morgan fingerprint density at radius 2 is 1.93 bits per heavy atom. The molecular weight excluding hydrogens is 345 g/mol. The van der Waals surface area contributed by atoms with Crippen molar-refractivity contribution in [2.45, 2.75) is 0 Å². The molecule has 7 heteroatoms. The molecule has 0 atom stereocenters. The van der Waals surface area contributed by atoms with Crippen LogP contribution in [0.25, 0.3) is 23.0 Å². The summed E-state index contributed by atoms with van der Waals surface area (Å²) in [7, 11) is 0. The molecule has 0 aliphatic heterocycles. The molecule has 6 nitrogen and oxygen atoms in total. The molecule has 0 unspecified atom stereocenters. The van der Waals surface area contributed by atoms with Gasteiger partial charge in [-0.25, -0.2) is 4.39 Å². The number of rotatable bonds is 4. The molecule has 0 saturated carbocycles. The van der Waals surface area contributed by atoms with Gasteiger partial charge in [0.1, 0.15) is 12.1 Å². The maximum absolute atomic E-state index is 12.9. The summed E-state index contributed by atoms with van der Waals surface area (Å²) < 4.78 is 14.5. The SMILES string of the molecule is O=C(/C=C/c1ccc(F)cc1)Nc1cccc(-c2ccc3nncn3n2)c1. The zero-order valence-corrected chi connectivity index (χ0v) is 14.1. The number of fused-ring (bicyclic) bond motifs is 1. The van der Waals surface area contributed by atoms with Crippen LogP contribution in [-0.2, 0) is 4.79 Å². The Morgan fingerprint density at radius 1 is 1.07 bits per heavy atom. The summed E-state index contributed by atoms with van der Waals surface area (Å²) in [5.74, 6) is -0.592. The Kier molecular flexibility index (Phi) is 4.40. The number of nitrogens with one attached hydrogen (secondary N) is 1. The Labute approximate surface area is 154 Å². The van der Waals surface area contributed by atoms with Crippen LogP contribution in [-0.4, -0.2) is 25.7 Å². The van der Waals surface area contributed by atoms with Crippen molar-refractivity contribution in [3.05, 3.63) is 84.4 Å². The molecule has 0 spiro atoms. The highest BCUT2D eigenvalue weighted by Gasteiger charge is 2.05. The van der Waals surface area contributed by atoms with Crippen LogP contribution in [0.5, 0.6) is 0 Å². The van der Waals surface area contributed by atoms with E-state index < -0.39 is 0 Å². The van der Waals surface area contributed by atoms with Crippen LogP contribution in [0.2, 0.25) is 0 Å². The van der Waals surface area contributed by atoms with E-state index in [-0.39, 0.29) is 11.7 Å². The van der Waals surface area contributed by atoms with Gasteiger partial charge in [-0.15, -0.1) is 10.2 Å². The summed E-state index contributed by atoms with van der Waals surface area (Å²) >= 11 is 0. The molecule has 132 valence electrons. The van der Waals surface area contributed by atoms with E-state index in [0.717, 1.165) is 16.8 Å². The summed E-state index contributed by atoms with van der Waals surface area (Å²) in [6.07, 6.45) is 4.56. The maximum atomic E-state index is 12.9. The van der Waals surface area contributed by atoms with Crippen LogP contribution in [0.4, 0.5) is 10.1 Å². The van der Waals surface area contributed by atoms with Crippen molar-refractivity contribution < 1.29 is 9.18 Å². The summed E-state index contributed by atoms with van der Waals surface area (Å²) in [6, 6.07) is 17.0. The smallest absolute Gasteiger partial charge is 0.248 e. The molecule has 4 rings (SSSR count). The lowest BCUT2D eigenvalue weighted by Gasteiger charge is -2.06. The lowest BCUT2D eigenvalue weighted by atomic mass is 10.1. The zero-order chi connectivity index (χ0) is 18.6. The van der Waals surface area contributed by atoms with Gasteiger partial charge in [-0.3, -0.25) is 4.79 Å². The number of nitrogens with zero attached hydrogens (tertiary/aromatic N) is 4. The normalized spacial score (nSPS) is 11.1. The molecule has 0 radical (unpaired) electrons. The fraction of sp³-hybridized carbons (Fsp3) is 0. The quantitative estimate of drug-likeness (QED) is 0.565. The summed E-state index contributed by atoms with van der Waals surface area (Å²) in [6.45, 7) is 0. The van der Waals surface area contributed by atoms with Crippen LogP contribution in [0.3, 0.4) is 0 Å². The first-order valence-electron chi connectivity index (χ1n) is 8.19. The van der Waals surface area contributed by atoms with Gasteiger partial charge < -0.3 is 5.32 Å². The number of amides is 1. The molecule has 2 aromatic carbocycles. The minimum absolute atomic E-state index is 0.279. The van der Waals surface area contributed by atoms with Gasteiger partial charge in [0.25, 0.3) is 0 Å². The number of hydrogen-bond acceptors (Lipinski definition) is 4. The molecule has 0 aliphatic rings. The standard InChI is InChI=1S/C20H14FN5O/c21-16-7-4-14(5-8-16)6-11-20(27)23-17-3-1-2-15(12-17)18-9-10-19-24-22-13-26(19)25-18/h1-13H,(H,23,27)/b11-6+. The predicted molar refractivity (Wildman–Crippen MR) is 100 cm³/mol. The van der Waals surface area contributed by atoms with Crippen LogP contribution in [0.15, 0.2) is 73.1 Å². The van der Waals surface area contributed by atoms with Crippen LogP contribution in [0.1, 0.15) is 5.56 Å². The predicted octanol–water partition coefficient (Wildman–Crippen LogP) is 3.58. The number of benzene rings is 2. The van der Waals surface area contributed by atoms with Gasteiger partial charge in [0, 0.05) is 17.3 Å². The van der Waals surface area contributed by atoms with Crippen molar-refractivity contribution in [3.63, 3.8) is 0 Å². The van der Waals surface area contributed by atoms with Gasteiger partial charge >= 0.3 is 0 Å². The first-order valence-corrected chi connectivity index (χ1v) is 8.19. The van der Waals surface area contributed by atoms with Gasteiger partial charge in [-0.1, -0.05) is 24.3 Å². The van der Waals surface area contributed by atoms with E-state index in [0.29, 0.717) is 11.3 Å². The van der Waals surface area contributed by atoms with E-state index in [1.807, 2.05) is 30.3 Å². The molecular formula is C20H14FN5O. The van der Waals surface area contributed by atoms with Crippen molar-refractivity contribution in [1.29, 1.82) is 0 Å². The Hall–Kier alpha value is -3.87. The molecule has 1 N–H and O–H groups in total. The van der Waals surface area contributed by atoms with Crippen molar-refractivity contribution in [2.75, 3.05) is 5.32 Å². The lowest BCUT2D eigenvalue weighted by molar-refractivity contribution is -0.111. The van der Waals surface area contributed by atoms with E-state index >= 15 is 0 Å². The molecule has 4 aromatic rings. The van der Waals surface area contributed by atoms with Crippen LogP contribution >= 0.6 is 0 Å². The number of hydrogen-bond donors (Lipinski definition) is 1. The Balaban J connectivity index is 1.50. The highest BCUT2D eigenvalue weighted by molar-refractivity contribution is 6.02. The molecule has 2 heterocycles. The second-order valence-corrected chi connectivity index (χ2v) is 5.81. The lowest BCUT2D eigenvalue weighted by Crippen LogP contribution is -2.07. The van der Waals surface area contributed by atoms with Gasteiger partial charge in [0.05, 0.1) is 5.69 Å².